The van der Waals surface area contributed by atoms with Crippen molar-refractivity contribution in [2.45, 2.75) is 18.6 Å². The number of nitrogens with zero attached hydrogens (tertiary/aromatic N) is 2. The summed E-state index contributed by atoms with van der Waals surface area (Å²) in [4.78, 5) is 27.9. The highest BCUT2D eigenvalue weighted by atomic mass is 79.9. The number of hydrogen-bond acceptors (Lipinski definition) is 4. The highest BCUT2D eigenvalue weighted by Crippen LogP contribution is 2.43. The fourth-order valence-corrected chi connectivity index (χ4v) is 5.59. The summed E-state index contributed by atoms with van der Waals surface area (Å²) in [5.41, 5.74) is 0.977. The van der Waals surface area contributed by atoms with Gasteiger partial charge in [0, 0.05) is 19.0 Å². The summed E-state index contributed by atoms with van der Waals surface area (Å²) >= 11 is 3.45. The molecule has 0 saturated heterocycles. The minimum atomic E-state index is -4.54. The monoisotopic (exact) mass is 570 g/mol. The van der Waals surface area contributed by atoms with Crippen LogP contribution in [0.3, 0.4) is 0 Å². The van der Waals surface area contributed by atoms with Gasteiger partial charge in [0.15, 0.2) is 6.04 Å². The molecule has 0 amide bonds. The first-order valence-electron chi connectivity index (χ1n) is 11.5. The van der Waals surface area contributed by atoms with Crippen molar-refractivity contribution in [2.24, 2.45) is 0 Å². The number of methoxy groups -OCH3 is 1. The first kappa shape index (κ1) is 25.1. The van der Waals surface area contributed by atoms with Crippen LogP contribution in [0.15, 0.2) is 76.0 Å². The Morgan fingerprint density at radius 2 is 1.78 bits per heavy atom. The van der Waals surface area contributed by atoms with Crippen LogP contribution in [0.1, 0.15) is 22.7 Å². The van der Waals surface area contributed by atoms with Crippen LogP contribution in [0.5, 0.6) is 0 Å². The van der Waals surface area contributed by atoms with Gasteiger partial charge in [-0.2, -0.15) is 13.2 Å². The molecule has 2 heterocycles. The molecule has 0 aliphatic carbocycles. The van der Waals surface area contributed by atoms with Crippen LogP contribution < -0.4 is 10.5 Å². The zero-order chi connectivity index (χ0) is 26.5. The van der Waals surface area contributed by atoms with E-state index in [1.165, 1.54) is 17.7 Å². The van der Waals surface area contributed by atoms with Crippen molar-refractivity contribution in [1.82, 2.24) is 4.57 Å². The number of benzene rings is 3. The molecule has 1 aliphatic rings. The minimum absolute atomic E-state index is 0.151. The van der Waals surface area contributed by atoms with Crippen molar-refractivity contribution in [1.29, 1.82) is 0 Å². The van der Waals surface area contributed by atoms with Crippen molar-refractivity contribution in [2.75, 3.05) is 25.6 Å². The summed E-state index contributed by atoms with van der Waals surface area (Å²) in [7, 11) is 2.95. The van der Waals surface area contributed by atoms with Gasteiger partial charge in [-0.25, -0.2) is 4.79 Å². The number of rotatable bonds is 4. The van der Waals surface area contributed by atoms with E-state index in [4.69, 9.17) is 4.74 Å². The summed E-state index contributed by atoms with van der Waals surface area (Å²) < 4.78 is 47.5. The lowest BCUT2D eigenvalue weighted by Gasteiger charge is -2.22. The number of likely N-dealkylation sites (N-methyl/N-ethyl adjacent to an activating group) is 1. The average Bonchev–Trinajstić information content (AvgIpc) is 3.23. The summed E-state index contributed by atoms with van der Waals surface area (Å²) in [5, 5.41) is 1.99. The molecule has 0 radical (unpaired) electrons. The Balaban J connectivity index is 1.83. The number of anilines is 1. The number of aromatic nitrogens is 1. The molecule has 0 N–H and O–H groups in total. The van der Waals surface area contributed by atoms with Crippen LogP contribution >= 0.6 is 15.9 Å². The van der Waals surface area contributed by atoms with Crippen molar-refractivity contribution in [3.8, 4) is 11.1 Å². The van der Waals surface area contributed by atoms with E-state index in [0.29, 0.717) is 22.5 Å². The van der Waals surface area contributed by atoms with Crippen LogP contribution in [0.4, 0.5) is 19.0 Å². The van der Waals surface area contributed by atoms with Crippen molar-refractivity contribution in [3.63, 3.8) is 0 Å². The largest absolute Gasteiger partial charge is 0.467 e. The number of hydrogen-bond donors (Lipinski definition) is 0. The standard InChI is InChI=1S/C28H22BrF3N2O3/c1-33-15-22(27(36)37-2)34-25(33)23(18-10-6-11-19(13-18)28(30,31)32)21(24(29)26(34)35)14-17-9-5-8-16-7-3-4-12-20(16)17/h3-13,22H,14-15H2,1-2H3. The molecule has 5 nitrogen and oxygen atoms in total. The van der Waals surface area contributed by atoms with E-state index in [2.05, 4.69) is 15.9 Å². The number of carbonyl (C=O) groups excluding carboxylic acids is 1. The zero-order valence-electron chi connectivity index (χ0n) is 20.0. The molecule has 190 valence electrons. The summed E-state index contributed by atoms with van der Waals surface area (Å²) in [6.45, 7) is 0.151. The molecule has 5 rings (SSSR count). The quantitative estimate of drug-likeness (QED) is 0.274. The number of carbonyl (C=O) groups is 1. The van der Waals surface area contributed by atoms with E-state index in [1.54, 1.807) is 18.0 Å². The topological polar surface area (TPSA) is 51.5 Å². The maximum Gasteiger partial charge on any atom is 0.416 e. The van der Waals surface area contributed by atoms with Gasteiger partial charge < -0.3 is 9.64 Å². The lowest BCUT2D eigenvalue weighted by Crippen LogP contribution is -2.30. The predicted octanol–water partition coefficient (Wildman–Crippen LogP) is 6.20. The fourth-order valence-electron chi connectivity index (χ4n) is 5.06. The molecule has 1 atom stereocenters. The Morgan fingerprint density at radius 3 is 2.51 bits per heavy atom. The maximum absolute atomic E-state index is 13.7. The van der Waals surface area contributed by atoms with Crippen LogP contribution in [0.2, 0.25) is 0 Å². The first-order valence-corrected chi connectivity index (χ1v) is 12.3. The van der Waals surface area contributed by atoms with Crippen LogP contribution in [-0.2, 0) is 22.1 Å². The second-order valence-corrected chi connectivity index (χ2v) is 9.77. The molecule has 1 aromatic heterocycles. The number of halogens is 4. The smallest absolute Gasteiger partial charge is 0.416 e. The Kier molecular flexibility index (Phi) is 6.35. The lowest BCUT2D eigenvalue weighted by molar-refractivity contribution is -0.144. The third kappa shape index (κ3) is 4.31. The number of pyridine rings is 1. The average molecular weight is 571 g/mol. The van der Waals surface area contributed by atoms with Gasteiger partial charge in [-0.05, 0) is 55.5 Å². The Hall–Kier alpha value is -3.59. The molecule has 0 saturated carbocycles. The SMILES string of the molecule is COC(=O)C1CN(C)c2c(-c3cccc(C(F)(F)F)c3)c(Cc3cccc4ccccc34)c(Br)c(=O)n21. The fraction of sp³-hybridized carbons (Fsp3) is 0.214. The number of ether oxygens (including phenoxy) is 1. The molecule has 0 spiro atoms. The molecule has 4 aromatic rings. The number of fused-ring (bicyclic) bond motifs is 2. The van der Waals surface area contributed by atoms with E-state index in [-0.39, 0.29) is 17.4 Å². The predicted molar refractivity (Wildman–Crippen MR) is 140 cm³/mol. The molecule has 0 bridgehead atoms. The molecule has 9 heteroatoms. The van der Waals surface area contributed by atoms with Gasteiger partial charge in [0.2, 0.25) is 0 Å². The highest BCUT2D eigenvalue weighted by Gasteiger charge is 2.38. The van der Waals surface area contributed by atoms with Gasteiger partial charge in [-0.3, -0.25) is 9.36 Å². The van der Waals surface area contributed by atoms with Gasteiger partial charge in [-0.1, -0.05) is 54.6 Å². The maximum atomic E-state index is 13.7. The van der Waals surface area contributed by atoms with Crippen molar-refractivity contribution >= 4 is 38.5 Å². The van der Waals surface area contributed by atoms with Crippen LogP contribution in [0, 0.1) is 0 Å². The van der Waals surface area contributed by atoms with Gasteiger partial charge >= 0.3 is 12.1 Å². The third-order valence-electron chi connectivity index (χ3n) is 6.74. The second kappa shape index (κ2) is 9.37. The van der Waals surface area contributed by atoms with E-state index in [9.17, 15) is 22.8 Å². The van der Waals surface area contributed by atoms with Crippen LogP contribution in [-0.4, -0.2) is 31.2 Å². The lowest BCUT2D eigenvalue weighted by atomic mass is 9.92. The minimum Gasteiger partial charge on any atom is -0.467 e. The molecule has 1 aliphatic heterocycles. The van der Waals surface area contributed by atoms with Crippen LogP contribution in [0.25, 0.3) is 21.9 Å². The van der Waals surface area contributed by atoms with Gasteiger partial charge in [0.05, 0.1) is 23.7 Å². The third-order valence-corrected chi connectivity index (χ3v) is 7.56. The van der Waals surface area contributed by atoms with E-state index >= 15 is 0 Å². The van der Waals surface area contributed by atoms with Crippen molar-refractivity contribution in [3.05, 3.63) is 98.2 Å². The summed E-state index contributed by atoms with van der Waals surface area (Å²) in [6.07, 6.45) is -4.26. The number of alkyl halides is 3. The normalized spacial score (nSPS) is 15.2. The Labute approximate surface area is 219 Å². The van der Waals surface area contributed by atoms with E-state index in [0.717, 1.165) is 28.5 Å². The van der Waals surface area contributed by atoms with Gasteiger partial charge in [0.25, 0.3) is 5.56 Å². The zero-order valence-corrected chi connectivity index (χ0v) is 21.6. The van der Waals surface area contributed by atoms with E-state index in [1.807, 2.05) is 42.5 Å². The molecule has 3 aromatic carbocycles. The van der Waals surface area contributed by atoms with E-state index < -0.39 is 29.3 Å². The van der Waals surface area contributed by atoms with Gasteiger partial charge in [-0.15, -0.1) is 0 Å². The molecule has 1 unspecified atom stereocenters. The Morgan fingerprint density at radius 1 is 1.08 bits per heavy atom. The number of esters is 1. The summed E-state index contributed by atoms with van der Waals surface area (Å²) in [6, 6.07) is 17.7. The Bertz CT molecular complexity index is 1590. The van der Waals surface area contributed by atoms with Gasteiger partial charge in [0.1, 0.15) is 5.82 Å². The summed E-state index contributed by atoms with van der Waals surface area (Å²) in [5.74, 6) is -0.227. The highest BCUT2D eigenvalue weighted by molar-refractivity contribution is 9.10. The molecular formula is C28H22BrF3N2O3. The van der Waals surface area contributed by atoms with Crippen molar-refractivity contribution < 1.29 is 22.7 Å². The molecule has 37 heavy (non-hydrogen) atoms. The first-order chi connectivity index (χ1) is 17.6. The second-order valence-electron chi connectivity index (χ2n) is 8.98. The molecule has 0 fully saturated rings. The molecular weight excluding hydrogens is 549 g/mol.